The summed E-state index contributed by atoms with van der Waals surface area (Å²) in [6, 6.07) is 25.3. The number of aryl methyl sites for hydroxylation is 3. The van der Waals surface area contributed by atoms with Gasteiger partial charge in [-0.1, -0.05) is 72.3 Å². The summed E-state index contributed by atoms with van der Waals surface area (Å²) >= 11 is 1.72. The third kappa shape index (κ3) is 7.87. The zero-order chi connectivity index (χ0) is 32.0. The number of thioether (sulfide) groups is 1. The molecule has 3 atom stereocenters. The maximum atomic E-state index is 14.0. The van der Waals surface area contributed by atoms with E-state index in [1.165, 1.54) is 22.4 Å². The zero-order valence-corrected chi connectivity index (χ0v) is 28.4. The average Bonchev–Trinajstić information content (AvgIpc) is 3.06. The van der Waals surface area contributed by atoms with Crippen molar-refractivity contribution in [2.24, 2.45) is 5.92 Å². The first kappa shape index (κ1) is 32.4. The first-order valence-electron chi connectivity index (χ1n) is 17.0. The highest BCUT2D eigenvalue weighted by Gasteiger charge is 2.44. The molecule has 0 bridgehead atoms. The van der Waals surface area contributed by atoms with Gasteiger partial charge in [-0.25, -0.2) is 0 Å². The van der Waals surface area contributed by atoms with E-state index in [1.54, 1.807) is 11.8 Å². The number of nitrogens with zero attached hydrogens (tertiary/aromatic N) is 3. The molecule has 3 unspecified atom stereocenters. The van der Waals surface area contributed by atoms with Gasteiger partial charge in [0.2, 0.25) is 5.91 Å². The Kier molecular flexibility index (Phi) is 10.5. The summed E-state index contributed by atoms with van der Waals surface area (Å²) in [6.45, 7) is 12.9. The van der Waals surface area contributed by atoms with E-state index < -0.39 is 0 Å². The summed E-state index contributed by atoms with van der Waals surface area (Å²) in [5, 5.41) is 3.56. The average molecular weight is 637 g/mol. The fourth-order valence-electron chi connectivity index (χ4n) is 7.25. The van der Waals surface area contributed by atoms with Crippen molar-refractivity contribution < 1.29 is 9.59 Å². The number of fused-ring (bicyclic) bond motifs is 1. The third-order valence-corrected chi connectivity index (χ3v) is 11.2. The Morgan fingerprint density at radius 3 is 2.48 bits per heavy atom. The molecule has 0 radical (unpaired) electrons. The van der Waals surface area contributed by atoms with Crippen molar-refractivity contribution in [3.63, 3.8) is 0 Å². The molecule has 3 aromatic rings. The van der Waals surface area contributed by atoms with Crippen molar-refractivity contribution in [1.82, 2.24) is 15.1 Å². The molecule has 3 fully saturated rings. The lowest BCUT2D eigenvalue weighted by atomic mass is 9.83. The largest absolute Gasteiger partial charge is 0.369 e. The molecule has 7 heteroatoms. The summed E-state index contributed by atoms with van der Waals surface area (Å²) in [5.74, 6) is 0.169. The predicted molar refractivity (Wildman–Crippen MR) is 191 cm³/mol. The number of carbonyl (C=O) groups excluding carboxylic acids is 2. The van der Waals surface area contributed by atoms with Crippen LogP contribution in [0.3, 0.4) is 0 Å². The van der Waals surface area contributed by atoms with E-state index in [4.69, 9.17) is 0 Å². The highest BCUT2D eigenvalue weighted by molar-refractivity contribution is 8.04. The number of benzene rings is 3. The zero-order valence-electron chi connectivity index (χ0n) is 27.6. The van der Waals surface area contributed by atoms with Gasteiger partial charge in [0.05, 0.1) is 4.91 Å². The molecule has 1 saturated carbocycles. The monoisotopic (exact) mass is 636 g/mol. The minimum absolute atomic E-state index is 0.0452. The van der Waals surface area contributed by atoms with Gasteiger partial charge in [0, 0.05) is 62.2 Å². The minimum Gasteiger partial charge on any atom is -0.369 e. The van der Waals surface area contributed by atoms with Gasteiger partial charge >= 0.3 is 0 Å². The molecule has 3 aliphatic rings. The smallest absolute Gasteiger partial charge is 0.260 e. The Balaban J connectivity index is 1.03. The van der Waals surface area contributed by atoms with E-state index in [2.05, 4.69) is 83.3 Å². The molecular formula is C39H48N4O2S. The van der Waals surface area contributed by atoms with E-state index >= 15 is 0 Å². The molecule has 6 nitrogen and oxygen atoms in total. The number of hydrogen-bond acceptors (Lipinski definition) is 5. The Morgan fingerprint density at radius 1 is 0.913 bits per heavy atom. The van der Waals surface area contributed by atoms with Crippen molar-refractivity contribution in [1.29, 1.82) is 0 Å². The van der Waals surface area contributed by atoms with Gasteiger partial charge in [0.15, 0.2) is 0 Å². The van der Waals surface area contributed by atoms with Crippen LogP contribution < -0.4 is 10.2 Å². The van der Waals surface area contributed by atoms with Gasteiger partial charge in [-0.05, 0) is 87.4 Å². The number of piperazine rings is 1. The maximum Gasteiger partial charge on any atom is 0.260 e. The SMILES string of the molecule is Cc1cccc(CN2C(=O)/C(=C/c3ccccc3)SC3CCC(C(=O)NCCCN4CCN(c5cc(C)ccc5C)CC4)CC32)c1. The number of carbonyl (C=O) groups is 2. The van der Waals surface area contributed by atoms with Crippen LogP contribution >= 0.6 is 11.8 Å². The van der Waals surface area contributed by atoms with Crippen LogP contribution in [0, 0.1) is 26.7 Å². The van der Waals surface area contributed by atoms with E-state index in [9.17, 15) is 9.59 Å². The number of rotatable bonds is 9. The van der Waals surface area contributed by atoms with Crippen LogP contribution in [0.1, 0.15) is 53.5 Å². The molecule has 2 saturated heterocycles. The predicted octanol–water partition coefficient (Wildman–Crippen LogP) is 6.59. The Hall–Kier alpha value is -3.55. The highest BCUT2D eigenvalue weighted by atomic mass is 32.2. The normalized spacial score (nSPS) is 23.0. The van der Waals surface area contributed by atoms with Crippen molar-refractivity contribution in [3.8, 4) is 0 Å². The van der Waals surface area contributed by atoms with E-state index in [0.29, 0.717) is 18.3 Å². The molecule has 242 valence electrons. The molecular weight excluding hydrogens is 589 g/mol. The van der Waals surface area contributed by atoms with Crippen molar-refractivity contribution in [2.45, 2.75) is 64.3 Å². The number of hydrogen-bond donors (Lipinski definition) is 1. The summed E-state index contributed by atoms with van der Waals surface area (Å²) < 4.78 is 0. The van der Waals surface area contributed by atoms with Crippen LogP contribution in [0.15, 0.2) is 77.7 Å². The van der Waals surface area contributed by atoms with Crippen LogP contribution in [-0.2, 0) is 16.1 Å². The van der Waals surface area contributed by atoms with Crippen LogP contribution in [0.4, 0.5) is 5.69 Å². The molecule has 2 aliphatic heterocycles. The molecule has 0 aromatic heterocycles. The second-order valence-corrected chi connectivity index (χ2v) is 14.6. The van der Waals surface area contributed by atoms with Gasteiger partial charge in [-0.15, -0.1) is 11.8 Å². The van der Waals surface area contributed by atoms with Crippen LogP contribution in [0.25, 0.3) is 6.08 Å². The molecule has 6 rings (SSSR count). The number of amides is 2. The van der Waals surface area contributed by atoms with Gasteiger partial charge in [0.1, 0.15) is 0 Å². The molecule has 2 heterocycles. The van der Waals surface area contributed by atoms with E-state index in [1.807, 2.05) is 36.4 Å². The first-order valence-corrected chi connectivity index (χ1v) is 17.8. The Bertz CT molecular complexity index is 1550. The van der Waals surface area contributed by atoms with E-state index in [0.717, 1.165) is 74.4 Å². The Morgan fingerprint density at radius 2 is 1.70 bits per heavy atom. The van der Waals surface area contributed by atoms with Crippen LogP contribution in [-0.4, -0.2) is 72.2 Å². The fraction of sp³-hybridized carbons (Fsp3) is 0.436. The molecule has 3 aromatic carbocycles. The van der Waals surface area contributed by atoms with Crippen LogP contribution in [0.2, 0.25) is 0 Å². The number of anilines is 1. The van der Waals surface area contributed by atoms with Gasteiger partial charge in [-0.2, -0.15) is 0 Å². The quantitative estimate of drug-likeness (QED) is 0.212. The summed E-state index contributed by atoms with van der Waals surface area (Å²) in [7, 11) is 0. The maximum absolute atomic E-state index is 14.0. The van der Waals surface area contributed by atoms with Gasteiger partial charge in [-0.3, -0.25) is 14.5 Å². The summed E-state index contributed by atoms with van der Waals surface area (Å²) in [4.78, 5) is 35.3. The molecule has 1 N–H and O–H groups in total. The van der Waals surface area contributed by atoms with E-state index in [-0.39, 0.29) is 23.8 Å². The Labute approximate surface area is 279 Å². The lowest BCUT2D eigenvalue weighted by molar-refractivity contribution is -0.133. The molecule has 0 spiro atoms. The van der Waals surface area contributed by atoms with Crippen molar-refractivity contribution >= 4 is 35.3 Å². The second kappa shape index (κ2) is 14.9. The number of nitrogens with one attached hydrogen (secondary N) is 1. The van der Waals surface area contributed by atoms with Crippen molar-refractivity contribution in [3.05, 3.63) is 106 Å². The van der Waals surface area contributed by atoms with Gasteiger partial charge < -0.3 is 15.1 Å². The highest BCUT2D eigenvalue weighted by Crippen LogP contribution is 2.44. The summed E-state index contributed by atoms with van der Waals surface area (Å²) in [5.41, 5.74) is 7.39. The second-order valence-electron chi connectivity index (χ2n) is 13.3. The molecule has 46 heavy (non-hydrogen) atoms. The van der Waals surface area contributed by atoms with Crippen molar-refractivity contribution in [2.75, 3.05) is 44.2 Å². The molecule has 1 aliphatic carbocycles. The van der Waals surface area contributed by atoms with Gasteiger partial charge in [0.25, 0.3) is 5.91 Å². The standard InChI is InChI=1S/C39H48N4O2S/c1-28-9-7-12-32(23-28)27-43-35-26-33(15-16-36(35)46-37(39(43)45)25-31-10-5-4-6-11-31)38(44)40-17-8-18-41-19-21-42(22-20-41)34-24-29(2)13-14-30(34)3/h4-7,9-14,23-25,33,35-36H,8,15-22,26-27H2,1-3H3,(H,40,44)/b37-25-. The lowest BCUT2D eigenvalue weighted by Crippen LogP contribution is -2.53. The fourth-order valence-corrected chi connectivity index (χ4v) is 8.67. The molecule has 2 amide bonds. The first-order chi connectivity index (χ1) is 22.3. The third-order valence-electron chi connectivity index (χ3n) is 9.84. The summed E-state index contributed by atoms with van der Waals surface area (Å²) in [6.07, 6.45) is 5.51. The topological polar surface area (TPSA) is 55.9 Å². The lowest BCUT2D eigenvalue weighted by Gasteiger charge is -2.46. The van der Waals surface area contributed by atoms with Crippen LogP contribution in [0.5, 0.6) is 0 Å². The minimum atomic E-state index is -0.0598.